The molecule has 8 nitrogen and oxygen atoms in total. The Bertz CT molecular complexity index is 1110. The highest BCUT2D eigenvalue weighted by molar-refractivity contribution is 6.06. The van der Waals surface area contributed by atoms with E-state index < -0.39 is 17.8 Å². The highest BCUT2D eigenvalue weighted by Gasteiger charge is 2.40. The lowest BCUT2D eigenvalue weighted by Crippen LogP contribution is -2.52. The van der Waals surface area contributed by atoms with Crippen LogP contribution in [0.25, 0.3) is 0 Å². The summed E-state index contributed by atoms with van der Waals surface area (Å²) >= 11 is 0. The van der Waals surface area contributed by atoms with Crippen LogP contribution in [0.15, 0.2) is 36.4 Å². The van der Waals surface area contributed by atoms with Crippen molar-refractivity contribution < 1.29 is 23.5 Å². The Morgan fingerprint density at radius 1 is 1.06 bits per heavy atom. The minimum Gasteiger partial charge on any atom is -0.381 e. The van der Waals surface area contributed by atoms with Gasteiger partial charge >= 0.3 is 0 Å². The molecule has 3 amide bonds. The van der Waals surface area contributed by atoms with Gasteiger partial charge in [0.05, 0.1) is 13.2 Å². The molecule has 2 saturated heterocycles. The molecule has 34 heavy (non-hydrogen) atoms. The maximum absolute atomic E-state index is 14.3. The summed E-state index contributed by atoms with van der Waals surface area (Å²) in [5.41, 5.74) is 3.72. The largest absolute Gasteiger partial charge is 0.381 e. The topological polar surface area (TPSA) is 91.0 Å². The van der Waals surface area contributed by atoms with E-state index in [1.807, 2.05) is 12.1 Å². The maximum atomic E-state index is 14.3. The van der Waals surface area contributed by atoms with Gasteiger partial charge < -0.3 is 15.0 Å². The highest BCUT2D eigenvalue weighted by atomic mass is 19.1. The molecule has 0 saturated carbocycles. The number of carbonyl (C=O) groups excluding carboxylic acids is 3. The third-order valence-electron chi connectivity index (χ3n) is 6.64. The fraction of sp³-hybridized carbons (Fsp3) is 0.400. The van der Waals surface area contributed by atoms with Crippen LogP contribution >= 0.6 is 0 Å². The van der Waals surface area contributed by atoms with Gasteiger partial charge in [-0.1, -0.05) is 24.3 Å². The number of carbonyl (C=O) groups is 3. The molecular weight excluding hydrogens is 439 g/mol. The zero-order valence-electron chi connectivity index (χ0n) is 18.8. The highest BCUT2D eigenvalue weighted by Crippen LogP contribution is 2.33. The van der Waals surface area contributed by atoms with E-state index in [1.54, 1.807) is 0 Å². The second kappa shape index (κ2) is 9.52. The SMILES string of the molecule is O=C1CC[C@H](N2Cc3c(NCc4ccc(CN5CCOCC5)cc4)cc(F)cc3C2=O)C(=O)N1. The van der Waals surface area contributed by atoms with Crippen LogP contribution in [0.3, 0.4) is 0 Å². The first-order valence-corrected chi connectivity index (χ1v) is 11.6. The Morgan fingerprint density at radius 3 is 2.53 bits per heavy atom. The van der Waals surface area contributed by atoms with Crippen molar-refractivity contribution in [1.29, 1.82) is 0 Å². The summed E-state index contributed by atoms with van der Waals surface area (Å²) in [4.78, 5) is 40.5. The molecule has 3 aliphatic heterocycles. The number of fused-ring (bicyclic) bond motifs is 1. The van der Waals surface area contributed by atoms with Crippen LogP contribution in [0, 0.1) is 5.82 Å². The molecule has 3 aliphatic rings. The second-order valence-corrected chi connectivity index (χ2v) is 8.94. The summed E-state index contributed by atoms with van der Waals surface area (Å²) in [6.45, 7) is 4.95. The first-order chi connectivity index (χ1) is 16.5. The summed E-state index contributed by atoms with van der Waals surface area (Å²) in [6.07, 6.45) is 0.448. The molecule has 0 aromatic heterocycles. The van der Waals surface area contributed by atoms with E-state index in [0.717, 1.165) is 38.4 Å². The molecule has 5 rings (SSSR count). The average molecular weight is 467 g/mol. The number of imide groups is 1. The van der Waals surface area contributed by atoms with Crippen molar-refractivity contribution in [3.8, 4) is 0 Å². The lowest BCUT2D eigenvalue weighted by Gasteiger charge is -2.29. The van der Waals surface area contributed by atoms with Crippen LogP contribution in [0.5, 0.6) is 0 Å². The van der Waals surface area contributed by atoms with Gasteiger partial charge in [0.25, 0.3) is 5.91 Å². The molecule has 2 fully saturated rings. The number of ether oxygens (including phenoxy) is 1. The number of benzene rings is 2. The van der Waals surface area contributed by atoms with Crippen LogP contribution < -0.4 is 10.6 Å². The number of nitrogens with one attached hydrogen (secondary N) is 2. The summed E-state index contributed by atoms with van der Waals surface area (Å²) in [5.74, 6) is -1.72. The Labute approximate surface area is 197 Å². The van der Waals surface area contributed by atoms with E-state index in [0.29, 0.717) is 17.8 Å². The van der Waals surface area contributed by atoms with Crippen molar-refractivity contribution in [3.05, 3.63) is 64.5 Å². The molecular formula is C25H27FN4O4. The van der Waals surface area contributed by atoms with Gasteiger partial charge in [0.1, 0.15) is 11.9 Å². The summed E-state index contributed by atoms with van der Waals surface area (Å²) in [5, 5.41) is 5.55. The van der Waals surface area contributed by atoms with Crippen LogP contribution in [0.1, 0.15) is 39.9 Å². The van der Waals surface area contributed by atoms with Gasteiger partial charge in [0.2, 0.25) is 11.8 Å². The normalized spacial score (nSPS) is 20.9. The molecule has 3 heterocycles. The fourth-order valence-corrected chi connectivity index (χ4v) is 4.76. The van der Waals surface area contributed by atoms with E-state index in [1.165, 1.54) is 22.6 Å². The number of anilines is 1. The Morgan fingerprint density at radius 2 is 1.79 bits per heavy atom. The van der Waals surface area contributed by atoms with Gasteiger partial charge in [-0.15, -0.1) is 0 Å². The van der Waals surface area contributed by atoms with Crippen molar-refractivity contribution in [3.63, 3.8) is 0 Å². The number of amides is 3. The van der Waals surface area contributed by atoms with Crippen molar-refractivity contribution in [1.82, 2.24) is 15.1 Å². The molecule has 0 spiro atoms. The van der Waals surface area contributed by atoms with E-state index in [2.05, 4.69) is 27.7 Å². The minimum atomic E-state index is -0.729. The van der Waals surface area contributed by atoms with E-state index in [9.17, 15) is 18.8 Å². The number of nitrogens with zero attached hydrogens (tertiary/aromatic N) is 2. The molecule has 178 valence electrons. The predicted molar refractivity (Wildman–Crippen MR) is 122 cm³/mol. The van der Waals surface area contributed by atoms with Crippen molar-refractivity contribution in [2.24, 2.45) is 0 Å². The minimum absolute atomic E-state index is 0.178. The Balaban J connectivity index is 1.26. The van der Waals surface area contributed by atoms with E-state index >= 15 is 0 Å². The number of piperidine rings is 1. The number of hydrogen-bond acceptors (Lipinski definition) is 6. The second-order valence-electron chi connectivity index (χ2n) is 8.94. The van der Waals surface area contributed by atoms with Crippen molar-refractivity contribution in [2.45, 2.75) is 38.5 Å². The number of hydrogen-bond donors (Lipinski definition) is 2. The van der Waals surface area contributed by atoms with Gasteiger partial charge in [0.15, 0.2) is 0 Å². The maximum Gasteiger partial charge on any atom is 0.255 e. The smallest absolute Gasteiger partial charge is 0.255 e. The predicted octanol–water partition coefficient (Wildman–Crippen LogP) is 2.03. The van der Waals surface area contributed by atoms with Gasteiger partial charge in [-0.25, -0.2) is 4.39 Å². The first-order valence-electron chi connectivity index (χ1n) is 11.6. The zero-order valence-corrected chi connectivity index (χ0v) is 18.8. The number of halogens is 1. The quantitative estimate of drug-likeness (QED) is 0.634. The molecule has 1 atom stereocenters. The fourth-order valence-electron chi connectivity index (χ4n) is 4.76. The molecule has 0 bridgehead atoms. The number of rotatable bonds is 6. The lowest BCUT2D eigenvalue weighted by molar-refractivity contribution is -0.136. The Hall–Kier alpha value is -3.30. The molecule has 2 N–H and O–H groups in total. The van der Waals surface area contributed by atoms with Gasteiger partial charge in [-0.05, 0) is 29.7 Å². The third-order valence-corrected chi connectivity index (χ3v) is 6.64. The average Bonchev–Trinajstić information content (AvgIpc) is 3.15. The van der Waals surface area contributed by atoms with Crippen LogP contribution in [-0.4, -0.2) is 59.9 Å². The van der Waals surface area contributed by atoms with Crippen LogP contribution in [0.4, 0.5) is 10.1 Å². The van der Waals surface area contributed by atoms with Crippen molar-refractivity contribution in [2.75, 3.05) is 31.6 Å². The molecule has 9 heteroatoms. The van der Waals surface area contributed by atoms with Crippen LogP contribution in [-0.2, 0) is 34.0 Å². The molecule has 0 aliphatic carbocycles. The Kier molecular flexibility index (Phi) is 6.30. The number of morpholine rings is 1. The lowest BCUT2D eigenvalue weighted by atomic mass is 10.0. The van der Waals surface area contributed by atoms with Crippen molar-refractivity contribution >= 4 is 23.4 Å². The molecule has 2 aromatic rings. The molecule has 0 unspecified atom stereocenters. The molecule has 0 radical (unpaired) electrons. The van der Waals surface area contributed by atoms with E-state index in [4.69, 9.17) is 4.74 Å². The summed E-state index contributed by atoms with van der Waals surface area (Å²) < 4.78 is 19.7. The summed E-state index contributed by atoms with van der Waals surface area (Å²) in [7, 11) is 0. The monoisotopic (exact) mass is 466 g/mol. The first kappa shape index (κ1) is 22.5. The third kappa shape index (κ3) is 4.67. The van der Waals surface area contributed by atoms with Gasteiger partial charge in [-0.3, -0.25) is 24.6 Å². The molecule has 2 aromatic carbocycles. The van der Waals surface area contributed by atoms with Gasteiger partial charge in [-0.2, -0.15) is 0 Å². The van der Waals surface area contributed by atoms with Gasteiger partial charge in [0, 0.05) is 56.0 Å². The standard InChI is InChI=1S/C25H27FN4O4/c26-18-11-19-20(15-30(25(19)33)22-5-6-23(31)28-24(22)32)21(12-18)27-13-16-1-3-17(4-2-16)14-29-7-9-34-10-8-29/h1-4,11-12,22,27H,5-10,13-15H2,(H,28,31,32)/t22-/m0/s1. The zero-order chi connectivity index (χ0) is 23.7. The van der Waals surface area contributed by atoms with Crippen LogP contribution in [0.2, 0.25) is 0 Å². The van der Waals surface area contributed by atoms with E-state index in [-0.39, 0.29) is 36.8 Å². The summed E-state index contributed by atoms with van der Waals surface area (Å²) in [6, 6.07) is 10.1.